The van der Waals surface area contributed by atoms with Crippen molar-refractivity contribution in [3.8, 4) is 12.3 Å². The molecule has 0 saturated carbocycles. The minimum Gasteiger partial charge on any atom is -0.479 e. The van der Waals surface area contributed by atoms with E-state index in [9.17, 15) is 30.0 Å². The lowest BCUT2D eigenvalue weighted by Crippen LogP contribution is -2.52. The molecule has 1 aromatic carbocycles. The van der Waals surface area contributed by atoms with Crippen LogP contribution in [0.1, 0.15) is 11.8 Å². The summed E-state index contributed by atoms with van der Waals surface area (Å²) in [5.41, 5.74) is -1.81. The van der Waals surface area contributed by atoms with Gasteiger partial charge >= 0.3 is 11.9 Å². The monoisotopic (exact) mass is 547 g/mol. The number of aromatic nitrogens is 4. The Morgan fingerprint density at radius 3 is 2.42 bits per heavy atom. The summed E-state index contributed by atoms with van der Waals surface area (Å²) in [6, 6.07) is 8.06. The van der Waals surface area contributed by atoms with E-state index in [1.54, 1.807) is 49.3 Å². The lowest BCUT2D eigenvalue weighted by atomic mass is 9.94. The van der Waals surface area contributed by atoms with Crippen molar-refractivity contribution in [3.05, 3.63) is 47.5 Å². The Morgan fingerprint density at radius 1 is 1.21 bits per heavy atom. The molecule has 0 spiro atoms. The van der Waals surface area contributed by atoms with Crippen molar-refractivity contribution in [2.24, 2.45) is 0 Å². The number of halogens is 1. The number of hydrogen-bond acceptors (Lipinski definition) is 10. The third-order valence-corrected chi connectivity index (χ3v) is 5.72. The number of aliphatic carboxylic acids is 2. The molecular formula is C24H26ClN5O8. The standard InChI is InChI=1S/C24H26ClN5O8/c1-4-16(32)20(30-13-26-17-18(29(2)3)27-23(25)28-19(17)30)38-15(11-31)12-37-24(21(33)34,22(35)36)10-14-8-6-5-7-9-14/h1,5-9,13,15-16,20,31-32H,10-12H2,2-3H3,(H,33,34)(H,35,36)/t15-,16+,20+/m0/s1. The molecule has 38 heavy (non-hydrogen) atoms. The van der Waals surface area contributed by atoms with Gasteiger partial charge < -0.3 is 34.8 Å². The highest BCUT2D eigenvalue weighted by atomic mass is 35.5. The van der Waals surface area contributed by atoms with Crippen molar-refractivity contribution < 1.29 is 39.5 Å². The summed E-state index contributed by atoms with van der Waals surface area (Å²) < 4.78 is 12.5. The fraction of sp³-hybridized carbons (Fsp3) is 0.375. The molecule has 0 fully saturated rings. The maximum absolute atomic E-state index is 12.1. The number of imidazole rings is 1. The van der Waals surface area contributed by atoms with Gasteiger partial charge in [0.2, 0.25) is 5.28 Å². The number of carbonyl (C=O) groups is 2. The van der Waals surface area contributed by atoms with Gasteiger partial charge in [0, 0.05) is 20.5 Å². The summed E-state index contributed by atoms with van der Waals surface area (Å²) in [5.74, 6) is -0.980. The number of terminal acetylenes is 1. The number of hydrogen-bond donors (Lipinski definition) is 4. The van der Waals surface area contributed by atoms with Crippen molar-refractivity contribution >= 4 is 40.5 Å². The van der Waals surface area contributed by atoms with E-state index in [0.29, 0.717) is 16.9 Å². The zero-order chi connectivity index (χ0) is 28.0. The summed E-state index contributed by atoms with van der Waals surface area (Å²) >= 11 is 6.07. The number of nitrogens with zero attached hydrogens (tertiary/aromatic N) is 5. The van der Waals surface area contributed by atoms with Crippen LogP contribution < -0.4 is 4.90 Å². The highest BCUT2D eigenvalue weighted by Gasteiger charge is 2.49. The minimum atomic E-state index is -2.68. The molecule has 0 bridgehead atoms. The van der Waals surface area contributed by atoms with Crippen molar-refractivity contribution in [3.63, 3.8) is 0 Å². The highest BCUT2D eigenvalue weighted by Crippen LogP contribution is 2.28. The molecule has 0 saturated heterocycles. The fourth-order valence-electron chi connectivity index (χ4n) is 3.62. The van der Waals surface area contributed by atoms with Crippen molar-refractivity contribution in [1.82, 2.24) is 19.5 Å². The summed E-state index contributed by atoms with van der Waals surface area (Å²) in [6.07, 6.45) is 1.89. The molecule has 2 heterocycles. The van der Waals surface area contributed by atoms with E-state index in [1.165, 1.54) is 10.9 Å². The average molecular weight is 548 g/mol. The van der Waals surface area contributed by atoms with E-state index in [2.05, 4.69) is 20.9 Å². The van der Waals surface area contributed by atoms with Gasteiger partial charge in [0.15, 0.2) is 29.3 Å². The number of carboxylic acids is 2. The van der Waals surface area contributed by atoms with Gasteiger partial charge in [-0.25, -0.2) is 14.6 Å². The Morgan fingerprint density at radius 2 is 1.87 bits per heavy atom. The van der Waals surface area contributed by atoms with Crippen LogP contribution >= 0.6 is 11.6 Å². The predicted molar refractivity (Wildman–Crippen MR) is 135 cm³/mol. The molecule has 0 radical (unpaired) electrons. The summed E-state index contributed by atoms with van der Waals surface area (Å²) in [4.78, 5) is 38.3. The van der Waals surface area contributed by atoms with Crippen LogP contribution in [0.4, 0.5) is 5.82 Å². The van der Waals surface area contributed by atoms with Crippen LogP contribution in [-0.4, -0.2) is 97.0 Å². The van der Waals surface area contributed by atoms with Gasteiger partial charge in [0.1, 0.15) is 6.10 Å². The molecule has 3 aromatic rings. The van der Waals surface area contributed by atoms with E-state index in [-0.39, 0.29) is 10.9 Å². The summed E-state index contributed by atoms with van der Waals surface area (Å²) in [5, 5.41) is 40.0. The lowest BCUT2D eigenvalue weighted by molar-refractivity contribution is -0.195. The molecule has 14 heteroatoms. The molecule has 3 atom stereocenters. The van der Waals surface area contributed by atoms with Gasteiger partial charge in [-0.3, -0.25) is 4.57 Å². The first-order valence-corrected chi connectivity index (χ1v) is 11.5. The number of ether oxygens (including phenoxy) is 2. The first-order chi connectivity index (χ1) is 18.0. The lowest BCUT2D eigenvalue weighted by Gasteiger charge is -2.30. The van der Waals surface area contributed by atoms with Crippen LogP contribution in [0.3, 0.4) is 0 Å². The molecule has 0 aliphatic carbocycles. The third kappa shape index (κ3) is 6.01. The molecule has 13 nitrogen and oxygen atoms in total. The zero-order valence-electron chi connectivity index (χ0n) is 20.4. The summed E-state index contributed by atoms with van der Waals surface area (Å²) in [7, 11) is 3.43. The van der Waals surface area contributed by atoms with Gasteiger partial charge in [0.25, 0.3) is 5.60 Å². The largest absolute Gasteiger partial charge is 0.479 e. The smallest absolute Gasteiger partial charge is 0.348 e. The van der Waals surface area contributed by atoms with E-state index in [1.807, 2.05) is 0 Å². The molecule has 202 valence electrons. The predicted octanol–water partition coefficient (Wildman–Crippen LogP) is 0.583. The van der Waals surface area contributed by atoms with Crippen LogP contribution in [0.15, 0.2) is 36.7 Å². The van der Waals surface area contributed by atoms with Crippen molar-refractivity contribution in [2.75, 3.05) is 32.2 Å². The molecule has 0 aliphatic rings. The van der Waals surface area contributed by atoms with Crippen LogP contribution in [-0.2, 0) is 25.5 Å². The maximum atomic E-state index is 12.1. The van der Waals surface area contributed by atoms with E-state index < -0.39 is 55.6 Å². The second kappa shape index (κ2) is 12.2. The zero-order valence-corrected chi connectivity index (χ0v) is 21.2. The van der Waals surface area contributed by atoms with Crippen molar-refractivity contribution in [1.29, 1.82) is 0 Å². The van der Waals surface area contributed by atoms with Gasteiger partial charge in [-0.05, 0) is 17.2 Å². The second-order valence-corrected chi connectivity index (χ2v) is 8.73. The summed E-state index contributed by atoms with van der Waals surface area (Å²) in [6.45, 7) is -1.42. The number of aliphatic hydroxyl groups excluding tert-OH is 2. The van der Waals surface area contributed by atoms with Crippen LogP contribution in [0.5, 0.6) is 0 Å². The molecule has 4 N–H and O–H groups in total. The van der Waals surface area contributed by atoms with Crippen LogP contribution in [0.2, 0.25) is 5.28 Å². The minimum absolute atomic E-state index is 0.118. The third-order valence-electron chi connectivity index (χ3n) is 5.55. The number of anilines is 1. The average Bonchev–Trinajstić information content (AvgIpc) is 3.30. The Labute approximate surface area is 222 Å². The van der Waals surface area contributed by atoms with E-state index in [4.69, 9.17) is 27.5 Å². The van der Waals surface area contributed by atoms with Crippen LogP contribution in [0.25, 0.3) is 11.2 Å². The molecule has 0 unspecified atom stereocenters. The van der Waals surface area contributed by atoms with Gasteiger partial charge in [0.05, 0.1) is 19.5 Å². The Hall–Kier alpha value is -3.80. The van der Waals surface area contributed by atoms with Gasteiger partial charge in [-0.2, -0.15) is 9.97 Å². The second-order valence-electron chi connectivity index (χ2n) is 8.39. The normalized spacial score (nSPS) is 14.0. The van der Waals surface area contributed by atoms with E-state index >= 15 is 0 Å². The Balaban J connectivity index is 1.92. The highest BCUT2D eigenvalue weighted by molar-refractivity contribution is 6.28. The number of carboxylic acid groups (broad SMARTS) is 2. The maximum Gasteiger partial charge on any atom is 0.348 e. The number of benzene rings is 1. The molecule has 3 rings (SSSR count). The Kier molecular flexibility index (Phi) is 9.21. The van der Waals surface area contributed by atoms with Crippen molar-refractivity contribution in [2.45, 2.75) is 30.5 Å². The Bertz CT molecular complexity index is 1310. The first kappa shape index (κ1) is 28.8. The number of aliphatic hydroxyl groups is 2. The van der Waals surface area contributed by atoms with Gasteiger partial charge in [-0.15, -0.1) is 6.42 Å². The molecule has 2 aromatic heterocycles. The quantitative estimate of drug-likeness (QED) is 0.133. The van der Waals surface area contributed by atoms with Crippen LogP contribution in [0, 0.1) is 12.3 Å². The topological polar surface area (TPSA) is 180 Å². The SMILES string of the molecule is C#C[C@@H](O)[C@@H](O[C@@H](CO)COC(Cc1ccccc1)(C(=O)O)C(=O)O)n1cnc2c(N(C)C)nc(Cl)nc21. The molecular weight excluding hydrogens is 522 g/mol. The fourth-order valence-corrected chi connectivity index (χ4v) is 3.78. The number of fused-ring (bicyclic) bond motifs is 1. The molecule has 0 aliphatic heterocycles. The van der Waals surface area contributed by atoms with E-state index in [0.717, 1.165) is 0 Å². The molecule has 0 amide bonds. The first-order valence-electron chi connectivity index (χ1n) is 11.2. The number of rotatable bonds is 13. The van der Waals surface area contributed by atoms with Gasteiger partial charge in [-0.1, -0.05) is 36.3 Å².